The Morgan fingerprint density at radius 1 is 1.16 bits per heavy atom. The van der Waals surface area contributed by atoms with Gasteiger partial charge in [0.05, 0.1) is 4.70 Å². The molecule has 25 heavy (non-hydrogen) atoms. The molecule has 130 valence electrons. The maximum absolute atomic E-state index is 12.3. The average Bonchev–Trinajstić information content (AvgIpc) is 3.12. The minimum atomic E-state index is -1.06. The van der Waals surface area contributed by atoms with E-state index in [2.05, 4.69) is 10.6 Å². The zero-order valence-corrected chi connectivity index (χ0v) is 15.3. The Balaban J connectivity index is 1.71. The third-order valence-electron chi connectivity index (χ3n) is 3.48. The number of carbonyl (C=O) groups excluding carboxylic acids is 3. The molecule has 2 N–H and O–H groups in total. The summed E-state index contributed by atoms with van der Waals surface area (Å²) < 4.78 is 8.38. The van der Waals surface area contributed by atoms with Crippen LogP contribution >= 0.6 is 22.7 Å². The Bertz CT molecular complexity index is 960. The zero-order chi connectivity index (χ0) is 18.0. The quantitative estimate of drug-likeness (QED) is 0.683. The van der Waals surface area contributed by atoms with Crippen molar-refractivity contribution in [1.82, 2.24) is 10.6 Å². The van der Waals surface area contributed by atoms with Crippen molar-refractivity contribution in [3.63, 3.8) is 0 Å². The van der Waals surface area contributed by atoms with Crippen LogP contribution in [-0.2, 0) is 9.53 Å². The second-order valence-electron chi connectivity index (χ2n) is 5.30. The van der Waals surface area contributed by atoms with E-state index in [9.17, 15) is 14.4 Å². The highest BCUT2D eigenvalue weighted by Crippen LogP contribution is 2.39. The summed E-state index contributed by atoms with van der Waals surface area (Å²) in [5.74, 6) is -1.24. The molecule has 1 unspecified atom stereocenters. The molecule has 1 atom stereocenters. The highest BCUT2D eigenvalue weighted by atomic mass is 32.1. The lowest BCUT2D eigenvalue weighted by Crippen LogP contribution is -2.44. The summed E-state index contributed by atoms with van der Waals surface area (Å²) >= 11 is 2.95. The van der Waals surface area contributed by atoms with Crippen LogP contribution in [0.1, 0.15) is 23.5 Å². The average molecular weight is 376 g/mol. The molecule has 0 aliphatic carbocycles. The van der Waals surface area contributed by atoms with Crippen molar-refractivity contribution in [3.8, 4) is 0 Å². The molecular weight excluding hydrogens is 360 g/mol. The maximum atomic E-state index is 12.3. The number of thiophene rings is 2. The molecule has 0 spiro atoms. The van der Waals surface area contributed by atoms with Crippen molar-refractivity contribution in [2.45, 2.75) is 20.0 Å². The van der Waals surface area contributed by atoms with Crippen molar-refractivity contribution in [2.75, 3.05) is 6.54 Å². The first-order valence-electron chi connectivity index (χ1n) is 7.70. The topological polar surface area (TPSA) is 84.5 Å². The predicted octanol–water partition coefficient (Wildman–Crippen LogP) is 3.51. The number of urea groups is 1. The number of benzene rings is 1. The molecule has 3 aromatic rings. The van der Waals surface area contributed by atoms with Crippen molar-refractivity contribution >= 4 is 60.1 Å². The van der Waals surface area contributed by atoms with Crippen molar-refractivity contribution in [3.05, 3.63) is 35.2 Å². The smallest absolute Gasteiger partial charge is 0.349 e. The van der Waals surface area contributed by atoms with Gasteiger partial charge in [-0.05, 0) is 26.0 Å². The van der Waals surface area contributed by atoms with Crippen LogP contribution in [0.2, 0.25) is 0 Å². The molecule has 0 saturated carbocycles. The van der Waals surface area contributed by atoms with Gasteiger partial charge in [-0.15, -0.1) is 22.7 Å². The van der Waals surface area contributed by atoms with Gasteiger partial charge < -0.3 is 10.1 Å². The van der Waals surface area contributed by atoms with Gasteiger partial charge in [-0.3, -0.25) is 10.1 Å². The van der Waals surface area contributed by atoms with Gasteiger partial charge in [-0.25, -0.2) is 9.59 Å². The fourth-order valence-corrected chi connectivity index (χ4v) is 4.70. The van der Waals surface area contributed by atoms with Crippen LogP contribution in [0, 0.1) is 0 Å². The second-order valence-corrected chi connectivity index (χ2v) is 7.43. The number of nitrogens with one attached hydrogen (secondary N) is 2. The van der Waals surface area contributed by atoms with Crippen LogP contribution in [-0.4, -0.2) is 30.6 Å². The van der Waals surface area contributed by atoms with Gasteiger partial charge >= 0.3 is 12.0 Å². The van der Waals surface area contributed by atoms with Gasteiger partial charge in [0.15, 0.2) is 6.10 Å². The van der Waals surface area contributed by atoms with Crippen LogP contribution in [0.3, 0.4) is 0 Å². The molecule has 2 heterocycles. The van der Waals surface area contributed by atoms with Gasteiger partial charge in [0, 0.05) is 21.3 Å². The van der Waals surface area contributed by atoms with Gasteiger partial charge in [-0.2, -0.15) is 0 Å². The number of rotatable bonds is 4. The third-order valence-corrected chi connectivity index (χ3v) is 5.87. The van der Waals surface area contributed by atoms with Crippen LogP contribution in [0.4, 0.5) is 4.79 Å². The summed E-state index contributed by atoms with van der Waals surface area (Å²) in [6, 6.07) is 9.16. The van der Waals surface area contributed by atoms with Crippen molar-refractivity contribution in [1.29, 1.82) is 0 Å². The van der Waals surface area contributed by atoms with Crippen LogP contribution in [0.5, 0.6) is 0 Å². The SMILES string of the molecule is CCNC(=O)NC(=O)C(C)OC(=O)c1cc2sc3ccccc3c2s1. The molecule has 0 aliphatic rings. The molecular formula is C17H16N2O4S2. The number of amides is 3. The third kappa shape index (κ3) is 3.64. The summed E-state index contributed by atoms with van der Waals surface area (Å²) in [6.45, 7) is 3.56. The van der Waals surface area contributed by atoms with Gasteiger partial charge in [0.1, 0.15) is 4.88 Å². The Kier molecular flexibility index (Phi) is 5.00. The number of hydrogen-bond donors (Lipinski definition) is 2. The lowest BCUT2D eigenvalue weighted by molar-refractivity contribution is -0.127. The summed E-state index contributed by atoms with van der Waals surface area (Å²) in [4.78, 5) is 35.9. The first-order chi connectivity index (χ1) is 12.0. The number of esters is 1. The Labute approximate surface area is 151 Å². The molecule has 3 amide bonds. The Morgan fingerprint density at radius 3 is 2.68 bits per heavy atom. The minimum Gasteiger partial charge on any atom is -0.448 e. The normalized spacial score (nSPS) is 12.1. The highest BCUT2D eigenvalue weighted by molar-refractivity contribution is 7.33. The summed E-state index contributed by atoms with van der Waals surface area (Å²) in [6.07, 6.45) is -1.06. The summed E-state index contributed by atoms with van der Waals surface area (Å²) in [7, 11) is 0. The van der Waals surface area contributed by atoms with Gasteiger partial charge in [0.25, 0.3) is 5.91 Å². The fraction of sp³-hybridized carbons (Fsp3) is 0.235. The predicted molar refractivity (Wildman–Crippen MR) is 99.3 cm³/mol. The molecule has 8 heteroatoms. The second kappa shape index (κ2) is 7.20. The standard InChI is InChI=1S/C17H16N2O4S2/c1-3-18-17(22)19-15(20)9(2)23-16(21)13-8-12-14(25-13)10-6-4-5-7-11(10)24-12/h4-9H,3H2,1-2H3,(H2,18,19,20,22). The largest absolute Gasteiger partial charge is 0.448 e. The summed E-state index contributed by atoms with van der Waals surface area (Å²) in [5.41, 5.74) is 0. The van der Waals surface area contributed by atoms with E-state index in [0.717, 1.165) is 14.8 Å². The van der Waals surface area contributed by atoms with Gasteiger partial charge in [-0.1, -0.05) is 18.2 Å². The molecule has 0 fully saturated rings. The van der Waals surface area contributed by atoms with E-state index < -0.39 is 24.0 Å². The van der Waals surface area contributed by atoms with E-state index in [-0.39, 0.29) is 0 Å². The molecule has 2 aromatic heterocycles. The first kappa shape index (κ1) is 17.4. The van der Waals surface area contributed by atoms with Crippen LogP contribution < -0.4 is 10.6 Å². The van der Waals surface area contributed by atoms with E-state index >= 15 is 0 Å². The maximum Gasteiger partial charge on any atom is 0.349 e. The number of ether oxygens (including phenoxy) is 1. The Hall–Kier alpha value is -2.45. The van der Waals surface area contributed by atoms with E-state index in [1.54, 1.807) is 24.3 Å². The molecule has 6 nitrogen and oxygen atoms in total. The van der Waals surface area contributed by atoms with Crippen LogP contribution in [0.25, 0.3) is 19.5 Å². The molecule has 3 rings (SSSR count). The fourth-order valence-electron chi connectivity index (χ4n) is 2.29. The number of carbonyl (C=O) groups is 3. The lowest BCUT2D eigenvalue weighted by Gasteiger charge is -2.12. The highest BCUT2D eigenvalue weighted by Gasteiger charge is 2.22. The van der Waals surface area contributed by atoms with Crippen molar-refractivity contribution in [2.24, 2.45) is 0 Å². The first-order valence-corrected chi connectivity index (χ1v) is 9.33. The number of imide groups is 1. The van der Waals surface area contributed by atoms with Crippen molar-refractivity contribution < 1.29 is 19.1 Å². The Morgan fingerprint density at radius 2 is 1.92 bits per heavy atom. The van der Waals surface area contributed by atoms with Crippen LogP contribution in [0.15, 0.2) is 30.3 Å². The lowest BCUT2D eigenvalue weighted by atomic mass is 10.2. The van der Waals surface area contributed by atoms with E-state index in [4.69, 9.17) is 4.74 Å². The van der Waals surface area contributed by atoms with E-state index in [1.807, 2.05) is 24.3 Å². The van der Waals surface area contributed by atoms with E-state index in [0.29, 0.717) is 11.4 Å². The molecule has 0 bridgehead atoms. The number of fused-ring (bicyclic) bond motifs is 3. The summed E-state index contributed by atoms with van der Waals surface area (Å²) in [5, 5.41) is 5.67. The molecule has 0 aliphatic heterocycles. The minimum absolute atomic E-state index is 0.396. The van der Waals surface area contributed by atoms with E-state index in [1.165, 1.54) is 23.0 Å². The monoisotopic (exact) mass is 376 g/mol. The zero-order valence-electron chi connectivity index (χ0n) is 13.6. The molecule has 0 radical (unpaired) electrons. The molecule has 0 saturated heterocycles. The molecule has 1 aromatic carbocycles. The van der Waals surface area contributed by atoms with Gasteiger partial charge in [0.2, 0.25) is 0 Å². The number of hydrogen-bond acceptors (Lipinski definition) is 6.